The van der Waals surface area contributed by atoms with E-state index in [9.17, 15) is 9.18 Å². The molecule has 6 rings (SSSR count). The number of hydrogen-bond acceptors (Lipinski definition) is 7. The molecule has 1 unspecified atom stereocenters. The molecular weight excluding hydrogens is 455 g/mol. The highest BCUT2D eigenvalue weighted by molar-refractivity contribution is 7.22. The maximum Gasteiger partial charge on any atom is 0.231 e. The Morgan fingerprint density at radius 2 is 1.91 bits per heavy atom. The maximum absolute atomic E-state index is 13.6. The van der Waals surface area contributed by atoms with Gasteiger partial charge < -0.3 is 19.3 Å². The average Bonchev–Trinajstić information content (AvgIpc) is 3.50. The van der Waals surface area contributed by atoms with Gasteiger partial charge in [0.05, 0.1) is 16.1 Å². The van der Waals surface area contributed by atoms with Gasteiger partial charge in [0.15, 0.2) is 16.6 Å². The van der Waals surface area contributed by atoms with Gasteiger partial charge in [0, 0.05) is 45.8 Å². The van der Waals surface area contributed by atoms with Crippen molar-refractivity contribution in [1.29, 1.82) is 0 Å². The lowest BCUT2D eigenvalue weighted by Gasteiger charge is -2.39. The van der Waals surface area contributed by atoms with E-state index in [0.717, 1.165) is 79.0 Å². The molecule has 34 heavy (non-hydrogen) atoms. The van der Waals surface area contributed by atoms with Crippen molar-refractivity contribution < 1.29 is 18.7 Å². The number of rotatable bonds is 4. The number of hydrogen-bond donors (Lipinski definition) is 0. The fourth-order valence-electron chi connectivity index (χ4n) is 5.06. The van der Waals surface area contributed by atoms with E-state index in [-0.39, 0.29) is 24.4 Å². The van der Waals surface area contributed by atoms with Crippen LogP contribution in [0.2, 0.25) is 0 Å². The predicted octanol–water partition coefficient (Wildman–Crippen LogP) is 3.72. The Morgan fingerprint density at radius 3 is 2.79 bits per heavy atom. The third kappa shape index (κ3) is 4.30. The molecule has 0 spiro atoms. The summed E-state index contributed by atoms with van der Waals surface area (Å²) >= 11 is 1.50. The summed E-state index contributed by atoms with van der Waals surface area (Å²) in [5.41, 5.74) is 2.01. The number of halogens is 1. The van der Waals surface area contributed by atoms with Crippen LogP contribution in [0.15, 0.2) is 36.4 Å². The molecule has 3 aromatic rings. The van der Waals surface area contributed by atoms with E-state index in [1.807, 2.05) is 17.0 Å². The summed E-state index contributed by atoms with van der Waals surface area (Å²) in [5, 5.41) is 0.881. The molecular formula is C25H27FN4O3S. The summed E-state index contributed by atoms with van der Waals surface area (Å²) in [6.07, 6.45) is 1.87. The number of piperazine rings is 1. The number of carbonyl (C=O) groups excluding carboxylic acids is 1. The lowest BCUT2D eigenvalue weighted by Crippen LogP contribution is -2.52. The maximum atomic E-state index is 13.6. The molecule has 2 fully saturated rings. The number of aromatic nitrogens is 1. The van der Waals surface area contributed by atoms with Gasteiger partial charge in [0.2, 0.25) is 12.7 Å². The summed E-state index contributed by atoms with van der Waals surface area (Å²) in [7, 11) is 0. The zero-order valence-corrected chi connectivity index (χ0v) is 19.7. The topological polar surface area (TPSA) is 58.1 Å². The summed E-state index contributed by atoms with van der Waals surface area (Å²) < 4.78 is 25.3. The summed E-state index contributed by atoms with van der Waals surface area (Å²) in [6.45, 7) is 5.92. The molecule has 1 amide bonds. The van der Waals surface area contributed by atoms with Crippen molar-refractivity contribution in [3.63, 3.8) is 0 Å². The first-order chi connectivity index (χ1) is 16.6. The van der Waals surface area contributed by atoms with Crippen LogP contribution in [0.3, 0.4) is 0 Å². The third-order valence-corrected chi connectivity index (χ3v) is 7.99. The average molecular weight is 483 g/mol. The number of carbonyl (C=O) groups is 1. The van der Waals surface area contributed by atoms with Crippen LogP contribution < -0.4 is 14.4 Å². The number of ether oxygens (including phenoxy) is 2. The fourth-order valence-corrected chi connectivity index (χ4v) is 6.08. The summed E-state index contributed by atoms with van der Waals surface area (Å²) in [4.78, 5) is 24.6. The van der Waals surface area contributed by atoms with Gasteiger partial charge in [0.25, 0.3) is 0 Å². The second kappa shape index (κ2) is 9.03. The molecule has 0 aliphatic carbocycles. The Labute approximate surface area is 201 Å². The lowest BCUT2D eigenvalue weighted by molar-refractivity contribution is -0.137. The second-order valence-electron chi connectivity index (χ2n) is 9.18. The zero-order valence-electron chi connectivity index (χ0n) is 18.9. The molecule has 178 valence electrons. The van der Waals surface area contributed by atoms with Crippen LogP contribution in [0, 0.1) is 11.7 Å². The summed E-state index contributed by atoms with van der Waals surface area (Å²) in [6, 6.07) is 10.8. The predicted molar refractivity (Wildman–Crippen MR) is 129 cm³/mol. The van der Waals surface area contributed by atoms with Crippen molar-refractivity contribution in [3.8, 4) is 11.5 Å². The first-order valence-electron chi connectivity index (χ1n) is 11.8. The number of anilines is 1. The smallest absolute Gasteiger partial charge is 0.231 e. The molecule has 7 nitrogen and oxygen atoms in total. The molecule has 9 heteroatoms. The highest BCUT2D eigenvalue weighted by atomic mass is 32.1. The molecule has 0 saturated carbocycles. The molecule has 1 aromatic heterocycles. The van der Waals surface area contributed by atoms with E-state index < -0.39 is 0 Å². The highest BCUT2D eigenvalue weighted by Gasteiger charge is 2.32. The minimum Gasteiger partial charge on any atom is -0.454 e. The van der Waals surface area contributed by atoms with Crippen LogP contribution in [-0.4, -0.2) is 66.8 Å². The number of nitrogens with zero attached hydrogens (tertiary/aromatic N) is 4. The van der Waals surface area contributed by atoms with Crippen molar-refractivity contribution in [3.05, 3.63) is 47.8 Å². The number of benzene rings is 2. The van der Waals surface area contributed by atoms with E-state index >= 15 is 0 Å². The minimum atomic E-state index is -0.243. The van der Waals surface area contributed by atoms with Crippen molar-refractivity contribution in [2.24, 2.45) is 5.92 Å². The number of amides is 1. The van der Waals surface area contributed by atoms with E-state index in [1.54, 1.807) is 6.07 Å². The normalized spacial score (nSPS) is 20.8. The molecule has 3 aliphatic heterocycles. The SMILES string of the molecule is O=C(C1CCCN(c2nc3ccc(F)cc3s2)C1)N1CCN(Cc2ccc3c(c2)OCO3)CC1. The number of thiazole rings is 1. The van der Waals surface area contributed by atoms with E-state index in [1.165, 1.54) is 29.0 Å². The van der Waals surface area contributed by atoms with Gasteiger partial charge in [-0.15, -0.1) is 0 Å². The molecule has 4 heterocycles. The Kier molecular flexibility index (Phi) is 5.74. The number of fused-ring (bicyclic) bond motifs is 2. The second-order valence-corrected chi connectivity index (χ2v) is 10.2. The first kappa shape index (κ1) is 21.6. The van der Waals surface area contributed by atoms with Gasteiger partial charge in [-0.3, -0.25) is 9.69 Å². The molecule has 2 aromatic carbocycles. The number of piperidine rings is 1. The van der Waals surface area contributed by atoms with Gasteiger partial charge in [-0.1, -0.05) is 17.4 Å². The molecule has 0 N–H and O–H groups in total. The van der Waals surface area contributed by atoms with Crippen LogP contribution in [-0.2, 0) is 11.3 Å². The van der Waals surface area contributed by atoms with Gasteiger partial charge in [0.1, 0.15) is 5.82 Å². The first-order valence-corrected chi connectivity index (χ1v) is 12.6. The van der Waals surface area contributed by atoms with Gasteiger partial charge in [-0.05, 0) is 48.7 Å². The molecule has 1 atom stereocenters. The molecule has 0 radical (unpaired) electrons. The largest absolute Gasteiger partial charge is 0.454 e. The fraction of sp³-hybridized carbons (Fsp3) is 0.440. The van der Waals surface area contributed by atoms with Crippen molar-refractivity contribution >= 4 is 32.6 Å². The third-order valence-electron chi connectivity index (χ3n) is 6.91. The minimum absolute atomic E-state index is 0.0158. The monoisotopic (exact) mass is 482 g/mol. The van der Waals surface area contributed by atoms with E-state index in [4.69, 9.17) is 9.47 Å². The van der Waals surface area contributed by atoms with Crippen molar-refractivity contribution in [2.75, 3.05) is 51.0 Å². The Morgan fingerprint density at radius 1 is 1.06 bits per heavy atom. The molecule has 3 aliphatic rings. The van der Waals surface area contributed by atoms with E-state index in [0.29, 0.717) is 6.54 Å². The van der Waals surface area contributed by atoms with Gasteiger partial charge in [-0.2, -0.15) is 0 Å². The highest BCUT2D eigenvalue weighted by Crippen LogP contribution is 2.34. The zero-order chi connectivity index (χ0) is 23.1. The quantitative estimate of drug-likeness (QED) is 0.565. The Balaban J connectivity index is 1.05. The van der Waals surface area contributed by atoms with Crippen LogP contribution in [0.5, 0.6) is 11.5 Å². The molecule has 0 bridgehead atoms. The van der Waals surface area contributed by atoms with Crippen molar-refractivity contribution in [1.82, 2.24) is 14.8 Å². The van der Waals surface area contributed by atoms with Gasteiger partial charge in [-0.25, -0.2) is 9.37 Å². The van der Waals surface area contributed by atoms with Crippen LogP contribution in [0.25, 0.3) is 10.2 Å². The van der Waals surface area contributed by atoms with E-state index in [2.05, 4.69) is 20.9 Å². The molecule has 2 saturated heterocycles. The van der Waals surface area contributed by atoms with Crippen LogP contribution in [0.1, 0.15) is 18.4 Å². The summed E-state index contributed by atoms with van der Waals surface area (Å²) in [5.74, 6) is 1.61. The van der Waals surface area contributed by atoms with Crippen molar-refractivity contribution in [2.45, 2.75) is 19.4 Å². The van der Waals surface area contributed by atoms with Gasteiger partial charge >= 0.3 is 0 Å². The van der Waals surface area contributed by atoms with Crippen LogP contribution in [0.4, 0.5) is 9.52 Å². The lowest BCUT2D eigenvalue weighted by atomic mass is 9.96. The standard InChI is InChI=1S/C25H27FN4O3S/c26-19-4-5-20-23(13-19)34-25(27-20)30-7-1-2-18(15-30)24(31)29-10-8-28(9-11-29)14-17-3-6-21-22(12-17)33-16-32-21/h3-6,12-13,18H,1-2,7-11,14-16H2. The Bertz CT molecular complexity index is 1210. The van der Waals surface area contributed by atoms with Crippen LogP contribution >= 0.6 is 11.3 Å². The Hall–Kier alpha value is -2.91.